The van der Waals surface area contributed by atoms with Gasteiger partial charge < -0.3 is 4.57 Å². The van der Waals surface area contributed by atoms with E-state index in [1.54, 1.807) is 6.07 Å². The van der Waals surface area contributed by atoms with E-state index in [0.717, 1.165) is 28.0 Å². The molecule has 3 rings (SSSR count). The third kappa shape index (κ3) is 3.12. The Hall–Kier alpha value is -2.03. The maximum absolute atomic E-state index is 9.06. The minimum atomic E-state index is 0.271. The lowest BCUT2D eigenvalue weighted by atomic mass is 10.0. The molecule has 1 aromatic carbocycles. The quantitative estimate of drug-likeness (QED) is 0.600. The number of rotatable bonds is 4. The van der Waals surface area contributed by atoms with Crippen molar-refractivity contribution in [2.45, 2.75) is 26.4 Å². The van der Waals surface area contributed by atoms with Gasteiger partial charge >= 0.3 is 0 Å². The van der Waals surface area contributed by atoms with Gasteiger partial charge in [-0.1, -0.05) is 17.7 Å². The van der Waals surface area contributed by atoms with Crippen molar-refractivity contribution in [1.29, 1.82) is 5.26 Å². The van der Waals surface area contributed by atoms with Crippen LogP contribution in [0.2, 0.25) is 5.02 Å². The second kappa shape index (κ2) is 6.84. The topological polar surface area (TPSA) is 46.5 Å². The van der Waals surface area contributed by atoms with Crippen molar-refractivity contribution < 1.29 is 0 Å². The summed E-state index contributed by atoms with van der Waals surface area (Å²) in [5.41, 5.74) is 3.18. The molecule has 24 heavy (non-hydrogen) atoms. The molecule has 0 unspecified atom stereocenters. The first-order valence-electron chi connectivity index (χ1n) is 7.56. The van der Waals surface area contributed by atoms with Crippen molar-refractivity contribution in [3.63, 3.8) is 0 Å². The van der Waals surface area contributed by atoms with Crippen molar-refractivity contribution >= 4 is 27.5 Å². The Morgan fingerprint density at radius 1 is 1.29 bits per heavy atom. The Labute approximate surface area is 154 Å². The van der Waals surface area contributed by atoms with Crippen LogP contribution >= 0.6 is 27.5 Å². The molecule has 0 bridgehead atoms. The van der Waals surface area contributed by atoms with Crippen LogP contribution < -0.4 is 0 Å². The predicted octanol–water partition coefficient (Wildman–Crippen LogP) is 5.21. The molecule has 2 heterocycles. The van der Waals surface area contributed by atoms with Gasteiger partial charge in [0.05, 0.1) is 33.5 Å². The van der Waals surface area contributed by atoms with Gasteiger partial charge in [0.25, 0.3) is 0 Å². The summed E-state index contributed by atoms with van der Waals surface area (Å²) < 4.78 is 5.14. The van der Waals surface area contributed by atoms with E-state index in [-0.39, 0.29) is 6.04 Å². The largest absolute Gasteiger partial charge is 0.338 e. The first kappa shape index (κ1) is 16.8. The highest BCUT2D eigenvalue weighted by molar-refractivity contribution is 9.10. The molecule has 122 valence electrons. The highest BCUT2D eigenvalue weighted by Gasteiger charge is 2.13. The molecule has 0 spiro atoms. The van der Waals surface area contributed by atoms with Gasteiger partial charge in [0.2, 0.25) is 0 Å². The molecular weight excluding hydrogens is 388 g/mol. The van der Waals surface area contributed by atoms with Crippen molar-refractivity contribution in [2.24, 2.45) is 0 Å². The summed E-state index contributed by atoms with van der Waals surface area (Å²) in [6.07, 6.45) is 4.01. The van der Waals surface area contributed by atoms with Crippen LogP contribution in [0.1, 0.15) is 24.1 Å². The van der Waals surface area contributed by atoms with Crippen LogP contribution in [0.3, 0.4) is 0 Å². The fourth-order valence-electron chi connectivity index (χ4n) is 2.74. The second-order valence-corrected chi connectivity index (χ2v) is 6.91. The normalized spacial score (nSPS) is 12.1. The van der Waals surface area contributed by atoms with E-state index in [4.69, 9.17) is 16.9 Å². The van der Waals surface area contributed by atoms with Gasteiger partial charge in [-0.3, -0.25) is 4.68 Å². The summed E-state index contributed by atoms with van der Waals surface area (Å²) >= 11 is 9.80. The van der Waals surface area contributed by atoms with Crippen molar-refractivity contribution in [3.05, 3.63) is 63.5 Å². The highest BCUT2D eigenvalue weighted by atomic mass is 79.9. The second-order valence-electron chi connectivity index (χ2n) is 5.72. The Bertz CT molecular complexity index is 919. The van der Waals surface area contributed by atoms with Crippen LogP contribution in [0.25, 0.3) is 11.3 Å². The SMILES string of the molecule is Cc1c(-c2ccn(C[C@H](C)n3cccc3Br)n2)ccc(C#N)c1Cl. The molecule has 0 radical (unpaired) electrons. The van der Waals surface area contributed by atoms with Gasteiger partial charge in [-0.25, -0.2) is 0 Å². The number of halogens is 2. The standard InChI is InChI=1S/C18H16BrClN4/c1-12(24-8-3-4-17(24)19)11-23-9-7-16(22-23)15-6-5-14(10-21)18(20)13(15)2/h3-9,12H,11H2,1-2H3/t12-/m0/s1. The Morgan fingerprint density at radius 2 is 2.08 bits per heavy atom. The molecule has 0 N–H and O–H groups in total. The molecule has 0 saturated carbocycles. The van der Waals surface area contributed by atoms with Crippen LogP contribution in [-0.2, 0) is 6.54 Å². The summed E-state index contributed by atoms with van der Waals surface area (Å²) in [7, 11) is 0. The molecule has 3 aromatic rings. The zero-order chi connectivity index (χ0) is 17.3. The zero-order valence-corrected chi connectivity index (χ0v) is 15.7. The van der Waals surface area contributed by atoms with Crippen LogP contribution in [0.15, 0.2) is 47.3 Å². The van der Waals surface area contributed by atoms with Gasteiger partial charge in [0.15, 0.2) is 0 Å². The van der Waals surface area contributed by atoms with Crippen LogP contribution in [-0.4, -0.2) is 14.3 Å². The maximum Gasteiger partial charge on any atom is 0.101 e. The van der Waals surface area contributed by atoms with Crippen molar-refractivity contribution in [1.82, 2.24) is 14.3 Å². The van der Waals surface area contributed by atoms with Crippen molar-refractivity contribution in [2.75, 3.05) is 0 Å². The zero-order valence-electron chi connectivity index (χ0n) is 13.4. The third-order valence-electron chi connectivity index (χ3n) is 4.08. The van der Waals surface area contributed by atoms with Gasteiger partial charge in [0.1, 0.15) is 6.07 Å². The van der Waals surface area contributed by atoms with E-state index in [1.807, 2.05) is 48.3 Å². The average Bonchev–Trinajstić information content (AvgIpc) is 3.19. The van der Waals surface area contributed by atoms with Gasteiger partial charge in [-0.2, -0.15) is 10.4 Å². The molecule has 1 atom stereocenters. The number of hydrogen-bond acceptors (Lipinski definition) is 2. The fourth-order valence-corrected chi connectivity index (χ4v) is 3.57. The number of nitrogens with zero attached hydrogens (tertiary/aromatic N) is 4. The predicted molar refractivity (Wildman–Crippen MR) is 99.0 cm³/mol. The molecule has 0 aliphatic heterocycles. The molecule has 0 amide bonds. The molecule has 2 aromatic heterocycles. The summed E-state index contributed by atoms with van der Waals surface area (Å²) in [5, 5.41) is 14.2. The van der Waals surface area contributed by atoms with E-state index in [2.05, 4.69) is 38.6 Å². The van der Waals surface area contributed by atoms with Crippen LogP contribution in [0.5, 0.6) is 0 Å². The number of hydrogen-bond donors (Lipinski definition) is 0. The first-order chi connectivity index (χ1) is 11.5. The lowest BCUT2D eigenvalue weighted by molar-refractivity contribution is 0.434. The summed E-state index contributed by atoms with van der Waals surface area (Å²) in [6.45, 7) is 4.82. The minimum absolute atomic E-state index is 0.271. The minimum Gasteiger partial charge on any atom is -0.338 e. The van der Waals surface area contributed by atoms with E-state index in [9.17, 15) is 0 Å². The molecule has 4 nitrogen and oxygen atoms in total. The monoisotopic (exact) mass is 402 g/mol. The summed E-state index contributed by atoms with van der Waals surface area (Å²) in [5.74, 6) is 0. The Kier molecular flexibility index (Phi) is 4.79. The lowest BCUT2D eigenvalue weighted by Gasteiger charge is -2.15. The smallest absolute Gasteiger partial charge is 0.101 e. The first-order valence-corrected chi connectivity index (χ1v) is 8.73. The Balaban J connectivity index is 1.85. The number of benzene rings is 1. The van der Waals surface area contributed by atoms with Gasteiger partial charge in [-0.05, 0) is 59.6 Å². The van der Waals surface area contributed by atoms with E-state index >= 15 is 0 Å². The molecule has 0 aliphatic carbocycles. The number of aromatic nitrogens is 3. The van der Waals surface area contributed by atoms with Gasteiger partial charge in [-0.15, -0.1) is 0 Å². The van der Waals surface area contributed by atoms with Crippen LogP contribution in [0.4, 0.5) is 0 Å². The summed E-state index contributed by atoms with van der Waals surface area (Å²) in [4.78, 5) is 0. The molecule has 0 aliphatic rings. The molecular formula is C18H16BrClN4. The van der Waals surface area contributed by atoms with Crippen molar-refractivity contribution in [3.8, 4) is 17.3 Å². The lowest BCUT2D eigenvalue weighted by Crippen LogP contribution is -2.13. The third-order valence-corrected chi connectivity index (χ3v) is 5.24. The maximum atomic E-state index is 9.06. The Morgan fingerprint density at radius 3 is 2.75 bits per heavy atom. The van der Waals surface area contributed by atoms with E-state index in [0.29, 0.717) is 10.6 Å². The summed E-state index contributed by atoms with van der Waals surface area (Å²) in [6, 6.07) is 12.0. The van der Waals surface area contributed by atoms with Gasteiger partial charge in [0, 0.05) is 18.0 Å². The highest BCUT2D eigenvalue weighted by Crippen LogP contribution is 2.30. The molecule has 6 heteroatoms. The average molecular weight is 404 g/mol. The van der Waals surface area contributed by atoms with E-state index < -0.39 is 0 Å². The molecule has 0 fully saturated rings. The van der Waals surface area contributed by atoms with E-state index in [1.165, 1.54) is 0 Å². The number of nitriles is 1. The fraction of sp³-hybridized carbons (Fsp3) is 0.222. The molecule has 0 saturated heterocycles. The van der Waals surface area contributed by atoms with Crippen LogP contribution in [0, 0.1) is 18.3 Å².